The quantitative estimate of drug-likeness (QED) is 0.766. The van der Waals surface area contributed by atoms with Crippen LogP contribution in [0.2, 0.25) is 5.02 Å². The fourth-order valence-electron chi connectivity index (χ4n) is 2.22. The predicted octanol–water partition coefficient (Wildman–Crippen LogP) is 5.32. The Morgan fingerprint density at radius 2 is 1.88 bits per heavy atom. The van der Waals surface area contributed by atoms with Crippen LogP contribution < -0.4 is 15.0 Å². The molecule has 0 aliphatic rings. The largest absolute Gasteiger partial charge is 0.447 e. The van der Waals surface area contributed by atoms with Crippen LogP contribution in [-0.2, 0) is 4.74 Å². The second kappa shape index (κ2) is 9.10. The monoisotopic (exact) mass is 376 g/mol. The number of benzene rings is 2. The smallest absolute Gasteiger partial charge is 0.419 e. The van der Waals surface area contributed by atoms with Gasteiger partial charge in [-0.15, -0.1) is 0 Å². The second-order valence-electron chi connectivity index (χ2n) is 5.70. The zero-order valence-electron chi connectivity index (χ0n) is 14.9. The Labute approximate surface area is 157 Å². The Morgan fingerprint density at radius 1 is 1.15 bits per heavy atom. The number of nitrogens with one attached hydrogen (secondary N) is 1. The number of hydrogen-bond donors (Lipinski definition) is 1. The molecule has 26 heavy (non-hydrogen) atoms. The van der Waals surface area contributed by atoms with Crippen molar-refractivity contribution in [2.24, 2.45) is 0 Å². The second-order valence-corrected chi connectivity index (χ2v) is 6.14. The van der Waals surface area contributed by atoms with E-state index in [1.54, 1.807) is 62.4 Å². The van der Waals surface area contributed by atoms with Crippen LogP contribution in [-0.4, -0.2) is 24.8 Å². The molecule has 2 rings (SSSR count). The fraction of sp³-hybridized carbons (Fsp3) is 0.263. The topological polar surface area (TPSA) is 67.9 Å². The number of halogens is 1. The average Bonchev–Trinajstić information content (AvgIpc) is 2.55. The van der Waals surface area contributed by atoms with Crippen molar-refractivity contribution in [1.82, 2.24) is 0 Å². The Balaban J connectivity index is 2.08. The lowest BCUT2D eigenvalue weighted by Crippen LogP contribution is -2.33. The van der Waals surface area contributed by atoms with Crippen LogP contribution in [0.5, 0.6) is 5.75 Å². The number of anilines is 2. The van der Waals surface area contributed by atoms with Crippen molar-refractivity contribution in [3.05, 3.63) is 53.6 Å². The first-order valence-corrected chi connectivity index (χ1v) is 8.59. The molecule has 0 saturated carbocycles. The highest BCUT2D eigenvalue weighted by molar-refractivity contribution is 6.30. The maximum Gasteiger partial charge on any atom is 0.419 e. The zero-order valence-corrected chi connectivity index (χ0v) is 15.6. The van der Waals surface area contributed by atoms with E-state index in [-0.39, 0.29) is 6.10 Å². The Hall–Kier alpha value is -2.73. The molecule has 0 aliphatic carbocycles. The molecule has 0 bridgehead atoms. The average molecular weight is 377 g/mol. The number of rotatable bonds is 5. The van der Waals surface area contributed by atoms with Crippen molar-refractivity contribution >= 4 is 35.2 Å². The molecule has 0 fully saturated rings. The van der Waals surface area contributed by atoms with Crippen LogP contribution in [0.1, 0.15) is 20.8 Å². The first-order chi connectivity index (χ1) is 12.4. The minimum Gasteiger partial charge on any atom is -0.447 e. The molecule has 2 aromatic rings. The van der Waals surface area contributed by atoms with Gasteiger partial charge in [-0.05, 0) is 51.1 Å². The van der Waals surface area contributed by atoms with Crippen LogP contribution in [0.15, 0.2) is 48.5 Å². The minimum absolute atomic E-state index is 0.230. The van der Waals surface area contributed by atoms with Crippen molar-refractivity contribution in [2.45, 2.75) is 26.9 Å². The summed E-state index contributed by atoms with van der Waals surface area (Å²) in [4.78, 5) is 25.6. The maximum atomic E-state index is 12.5. The van der Waals surface area contributed by atoms with Crippen molar-refractivity contribution in [1.29, 1.82) is 0 Å². The van der Waals surface area contributed by atoms with Gasteiger partial charge in [0.2, 0.25) is 0 Å². The van der Waals surface area contributed by atoms with E-state index in [1.165, 1.54) is 4.90 Å². The van der Waals surface area contributed by atoms with Gasteiger partial charge in [0.25, 0.3) is 0 Å². The summed E-state index contributed by atoms with van der Waals surface area (Å²) in [6, 6.07) is 13.5. The first kappa shape index (κ1) is 19.6. The van der Waals surface area contributed by atoms with Crippen molar-refractivity contribution in [3.63, 3.8) is 0 Å². The highest BCUT2D eigenvalue weighted by Gasteiger charge is 2.17. The van der Waals surface area contributed by atoms with Gasteiger partial charge in [-0.2, -0.15) is 0 Å². The summed E-state index contributed by atoms with van der Waals surface area (Å²) in [6.45, 7) is 5.76. The fourth-order valence-corrected chi connectivity index (χ4v) is 2.40. The molecule has 6 nitrogen and oxygen atoms in total. The molecular formula is C19H21ClN2O4. The van der Waals surface area contributed by atoms with Gasteiger partial charge in [0, 0.05) is 29.0 Å². The van der Waals surface area contributed by atoms with Crippen LogP contribution in [0.3, 0.4) is 0 Å². The number of nitrogens with zero attached hydrogens (tertiary/aromatic N) is 1. The Morgan fingerprint density at radius 3 is 2.54 bits per heavy atom. The lowest BCUT2D eigenvalue weighted by Gasteiger charge is -2.20. The Bertz CT molecular complexity index is 780. The van der Waals surface area contributed by atoms with Gasteiger partial charge in [-0.3, -0.25) is 10.2 Å². The lowest BCUT2D eigenvalue weighted by atomic mass is 10.3. The zero-order chi connectivity index (χ0) is 19.1. The molecule has 1 N–H and O–H groups in total. The molecule has 0 aliphatic heterocycles. The molecule has 138 valence electrons. The summed E-state index contributed by atoms with van der Waals surface area (Å²) in [5.41, 5.74) is 1.10. The Kier molecular flexibility index (Phi) is 6.86. The van der Waals surface area contributed by atoms with E-state index in [0.717, 1.165) is 0 Å². The van der Waals surface area contributed by atoms with Crippen LogP contribution >= 0.6 is 11.6 Å². The number of carbonyl (C=O) groups is 2. The van der Waals surface area contributed by atoms with Crippen molar-refractivity contribution in [3.8, 4) is 5.75 Å². The highest BCUT2D eigenvalue weighted by Crippen LogP contribution is 2.22. The molecule has 0 aromatic heterocycles. The minimum atomic E-state index is -0.572. The third kappa shape index (κ3) is 5.67. The lowest BCUT2D eigenvalue weighted by molar-refractivity contribution is 0.130. The summed E-state index contributed by atoms with van der Waals surface area (Å²) in [5.74, 6) is 0.304. The summed E-state index contributed by atoms with van der Waals surface area (Å²) in [7, 11) is 0. The van der Waals surface area contributed by atoms with Crippen molar-refractivity contribution in [2.75, 3.05) is 16.8 Å². The predicted molar refractivity (Wildman–Crippen MR) is 102 cm³/mol. The molecular weight excluding hydrogens is 356 g/mol. The van der Waals surface area contributed by atoms with E-state index >= 15 is 0 Å². The van der Waals surface area contributed by atoms with E-state index in [2.05, 4.69) is 5.32 Å². The summed E-state index contributed by atoms with van der Waals surface area (Å²) < 4.78 is 10.4. The summed E-state index contributed by atoms with van der Waals surface area (Å²) in [6.07, 6.45) is -1.35. The van der Waals surface area contributed by atoms with Crippen molar-refractivity contribution < 1.29 is 19.1 Å². The number of ether oxygens (including phenoxy) is 2. The molecule has 0 saturated heterocycles. The summed E-state index contributed by atoms with van der Waals surface area (Å²) >= 11 is 5.99. The molecule has 2 aromatic carbocycles. The third-order valence-corrected chi connectivity index (χ3v) is 3.52. The standard InChI is InChI=1S/C19H21ClN2O4/c1-4-22(16-9-5-7-14(20)11-16)19(24)26-17-10-6-8-15(12-17)21-18(23)25-13(2)3/h5-13H,4H2,1-3H3,(H,21,23). The highest BCUT2D eigenvalue weighted by atomic mass is 35.5. The van der Waals surface area contributed by atoms with Gasteiger partial charge in [0.05, 0.1) is 6.10 Å². The molecule has 0 spiro atoms. The van der Waals surface area contributed by atoms with Crippen LogP contribution in [0.25, 0.3) is 0 Å². The maximum absolute atomic E-state index is 12.5. The molecule has 0 heterocycles. The number of carbonyl (C=O) groups excluding carboxylic acids is 2. The molecule has 0 radical (unpaired) electrons. The van der Waals surface area contributed by atoms with E-state index in [9.17, 15) is 9.59 Å². The molecule has 0 atom stereocenters. The summed E-state index contributed by atoms with van der Waals surface area (Å²) in [5, 5.41) is 3.12. The SMILES string of the molecule is CCN(C(=O)Oc1cccc(NC(=O)OC(C)C)c1)c1cccc(Cl)c1. The van der Waals surface area contributed by atoms with Gasteiger partial charge in [-0.1, -0.05) is 23.7 Å². The molecule has 0 unspecified atom stereocenters. The molecule has 2 amide bonds. The normalized spacial score (nSPS) is 10.3. The molecule has 7 heteroatoms. The van der Waals surface area contributed by atoms with E-state index < -0.39 is 12.2 Å². The van der Waals surface area contributed by atoms with Gasteiger partial charge < -0.3 is 9.47 Å². The van der Waals surface area contributed by atoms with Gasteiger partial charge in [0.15, 0.2) is 0 Å². The van der Waals surface area contributed by atoms with Gasteiger partial charge in [-0.25, -0.2) is 9.59 Å². The van der Waals surface area contributed by atoms with Crippen LogP contribution in [0, 0.1) is 0 Å². The van der Waals surface area contributed by atoms with E-state index in [4.69, 9.17) is 21.1 Å². The number of amides is 2. The van der Waals surface area contributed by atoms with Gasteiger partial charge in [0.1, 0.15) is 5.75 Å². The third-order valence-electron chi connectivity index (χ3n) is 3.28. The van der Waals surface area contributed by atoms with Gasteiger partial charge >= 0.3 is 12.2 Å². The van der Waals surface area contributed by atoms with E-state index in [0.29, 0.717) is 28.7 Å². The number of hydrogen-bond acceptors (Lipinski definition) is 4. The van der Waals surface area contributed by atoms with Crippen LogP contribution in [0.4, 0.5) is 21.0 Å². The first-order valence-electron chi connectivity index (χ1n) is 8.21. The van der Waals surface area contributed by atoms with E-state index in [1.807, 2.05) is 6.92 Å².